The Labute approximate surface area is 258 Å². The molecule has 2 bridgehead atoms. The first kappa shape index (κ1) is 28.2. The molecule has 0 aromatic heterocycles. The summed E-state index contributed by atoms with van der Waals surface area (Å²) in [5.74, 6) is 0.314. The molecular weight excluding hydrogens is 548 g/mol. The molecular formula is C38H38N2O4. The van der Waals surface area contributed by atoms with E-state index < -0.39 is 5.97 Å². The maximum absolute atomic E-state index is 13.6. The molecule has 3 atom stereocenters. The van der Waals surface area contributed by atoms with E-state index in [4.69, 9.17) is 15.2 Å². The van der Waals surface area contributed by atoms with Gasteiger partial charge in [0.1, 0.15) is 12.4 Å². The zero-order chi connectivity index (χ0) is 30.3. The number of ether oxygens (including phenoxy) is 2. The number of para-hydroxylation sites is 1. The van der Waals surface area contributed by atoms with Gasteiger partial charge in [-0.05, 0) is 82.8 Å². The maximum atomic E-state index is 13.6. The number of nitrogen functional groups attached to an aromatic ring is 1. The Morgan fingerprint density at radius 1 is 0.886 bits per heavy atom. The summed E-state index contributed by atoms with van der Waals surface area (Å²) in [5, 5.41) is 3.35. The number of alkyl carbamates (subject to hydrolysis) is 1. The number of nitrogens with two attached hydrogens (primary N) is 1. The van der Waals surface area contributed by atoms with Crippen molar-refractivity contribution in [2.24, 2.45) is 5.92 Å². The molecule has 3 N–H and O–H groups in total. The number of fused-ring (bicyclic) bond motifs is 7. The van der Waals surface area contributed by atoms with Crippen molar-refractivity contribution < 1.29 is 19.1 Å². The molecule has 0 heterocycles. The number of hydrogen-bond donors (Lipinski definition) is 2. The van der Waals surface area contributed by atoms with Gasteiger partial charge in [-0.25, -0.2) is 9.59 Å². The van der Waals surface area contributed by atoms with E-state index in [0.29, 0.717) is 22.9 Å². The van der Waals surface area contributed by atoms with E-state index in [1.54, 1.807) is 24.3 Å². The van der Waals surface area contributed by atoms with Crippen molar-refractivity contribution in [2.45, 2.75) is 62.8 Å². The highest BCUT2D eigenvalue weighted by molar-refractivity contribution is 5.96. The SMILES string of the molecule is C[C@@]12CCCCC[C@@H](Cc3ccc(OC(=O)c4ccccc4N)cc31)[C@@H]2NC(=O)OCC1c2ccccc2-c2ccccc21. The molecule has 44 heavy (non-hydrogen) atoms. The third kappa shape index (κ3) is 5.02. The van der Waals surface area contributed by atoms with Crippen LogP contribution in [-0.2, 0) is 16.6 Å². The van der Waals surface area contributed by atoms with Crippen LogP contribution in [0.2, 0.25) is 0 Å². The van der Waals surface area contributed by atoms with Crippen LogP contribution in [0.3, 0.4) is 0 Å². The van der Waals surface area contributed by atoms with Crippen molar-refractivity contribution >= 4 is 17.7 Å². The van der Waals surface area contributed by atoms with Crippen LogP contribution in [0.5, 0.6) is 5.75 Å². The first-order chi connectivity index (χ1) is 21.4. The summed E-state index contributed by atoms with van der Waals surface area (Å²) >= 11 is 0. The van der Waals surface area contributed by atoms with Gasteiger partial charge < -0.3 is 20.5 Å². The summed E-state index contributed by atoms with van der Waals surface area (Å²) in [4.78, 5) is 26.5. The Bertz CT molecular complexity index is 1690. The molecule has 0 aliphatic heterocycles. The van der Waals surface area contributed by atoms with Crippen molar-refractivity contribution in [3.63, 3.8) is 0 Å². The molecule has 0 radical (unpaired) electrons. The molecule has 1 amide bonds. The Kier molecular flexibility index (Phi) is 7.37. The Balaban J connectivity index is 1.12. The van der Waals surface area contributed by atoms with Crippen molar-refractivity contribution in [2.75, 3.05) is 12.3 Å². The van der Waals surface area contributed by atoms with Crippen LogP contribution < -0.4 is 15.8 Å². The van der Waals surface area contributed by atoms with E-state index in [-0.39, 0.29) is 30.1 Å². The van der Waals surface area contributed by atoms with Crippen LogP contribution in [-0.4, -0.2) is 24.7 Å². The smallest absolute Gasteiger partial charge is 0.407 e. The van der Waals surface area contributed by atoms with Crippen molar-refractivity contribution in [1.82, 2.24) is 5.32 Å². The van der Waals surface area contributed by atoms with E-state index in [1.807, 2.05) is 24.3 Å². The fourth-order valence-electron chi connectivity index (χ4n) is 7.94. The van der Waals surface area contributed by atoms with Gasteiger partial charge in [-0.3, -0.25) is 0 Å². The Hall–Kier alpha value is -4.58. The number of carbonyl (C=O) groups is 2. The summed E-state index contributed by atoms with van der Waals surface area (Å²) in [6, 6.07) is 29.5. The van der Waals surface area contributed by atoms with Gasteiger partial charge in [0.25, 0.3) is 0 Å². The second-order valence-electron chi connectivity index (χ2n) is 12.7. The molecule has 1 saturated carbocycles. The maximum Gasteiger partial charge on any atom is 0.407 e. The van der Waals surface area contributed by atoms with Crippen molar-refractivity contribution in [3.8, 4) is 16.9 Å². The Morgan fingerprint density at radius 3 is 2.34 bits per heavy atom. The predicted octanol–water partition coefficient (Wildman–Crippen LogP) is 7.79. The van der Waals surface area contributed by atoms with E-state index >= 15 is 0 Å². The molecule has 0 spiro atoms. The van der Waals surface area contributed by atoms with Gasteiger partial charge in [0.05, 0.1) is 5.56 Å². The third-order valence-electron chi connectivity index (χ3n) is 10.1. The van der Waals surface area contributed by atoms with Gasteiger partial charge in [-0.2, -0.15) is 0 Å². The standard InChI is InChI=1S/C38H38N2O4/c1-38-20-10-2-3-11-25(21-24-18-19-26(22-33(24)38)44-36(41)31-16-8-9-17-34(31)39)35(38)40-37(42)43-23-32-29-14-6-4-12-27(29)28-13-5-7-15-30(28)32/h4-9,12-19,22,25,32,35H,2-3,10-11,20-21,23,39H2,1H3,(H,40,42)/t25-,35-,38+/m0/s1. The molecule has 0 unspecified atom stereocenters. The van der Waals surface area contributed by atoms with Crippen LogP contribution in [0.1, 0.15) is 77.6 Å². The van der Waals surface area contributed by atoms with Crippen LogP contribution >= 0.6 is 0 Å². The van der Waals surface area contributed by atoms with E-state index in [0.717, 1.165) is 37.7 Å². The van der Waals surface area contributed by atoms with Crippen molar-refractivity contribution in [1.29, 1.82) is 0 Å². The fraction of sp³-hybridized carbons (Fsp3) is 0.316. The highest BCUT2D eigenvalue weighted by atomic mass is 16.5. The molecule has 3 aliphatic rings. The first-order valence-corrected chi connectivity index (χ1v) is 15.7. The largest absolute Gasteiger partial charge is 0.449 e. The normalized spacial score (nSPS) is 22.0. The molecule has 1 fully saturated rings. The average molecular weight is 587 g/mol. The molecule has 224 valence electrons. The minimum absolute atomic E-state index is 0.0113. The monoisotopic (exact) mass is 586 g/mol. The van der Waals surface area contributed by atoms with Gasteiger partial charge in [-0.1, -0.05) is 92.9 Å². The number of benzene rings is 4. The summed E-state index contributed by atoms with van der Waals surface area (Å²) in [7, 11) is 0. The zero-order valence-electron chi connectivity index (χ0n) is 25.1. The van der Waals surface area contributed by atoms with Crippen molar-refractivity contribution in [3.05, 3.63) is 119 Å². The van der Waals surface area contributed by atoms with Gasteiger partial charge in [0.2, 0.25) is 0 Å². The van der Waals surface area contributed by atoms with Gasteiger partial charge >= 0.3 is 12.1 Å². The second-order valence-corrected chi connectivity index (χ2v) is 12.7. The van der Waals surface area contributed by atoms with Crippen LogP contribution in [0.15, 0.2) is 91.0 Å². The average Bonchev–Trinajstić information content (AvgIpc) is 3.35. The van der Waals surface area contributed by atoms with Gasteiger partial charge in [-0.15, -0.1) is 0 Å². The number of hydrogen-bond acceptors (Lipinski definition) is 5. The van der Waals surface area contributed by atoms with Crippen LogP contribution in [0, 0.1) is 5.92 Å². The third-order valence-corrected chi connectivity index (χ3v) is 10.1. The highest BCUT2D eigenvalue weighted by Crippen LogP contribution is 2.48. The second kappa shape index (κ2) is 11.5. The number of carbonyl (C=O) groups excluding carboxylic acids is 2. The van der Waals surface area contributed by atoms with E-state index in [2.05, 4.69) is 54.7 Å². The summed E-state index contributed by atoms with van der Waals surface area (Å²) in [6.07, 6.45) is 5.84. The minimum Gasteiger partial charge on any atom is -0.449 e. The lowest BCUT2D eigenvalue weighted by Gasteiger charge is -2.49. The molecule has 7 rings (SSSR count). The van der Waals surface area contributed by atoms with E-state index in [9.17, 15) is 9.59 Å². The Morgan fingerprint density at radius 2 is 1.59 bits per heavy atom. The van der Waals surface area contributed by atoms with E-state index in [1.165, 1.54) is 34.2 Å². The number of esters is 1. The summed E-state index contributed by atoms with van der Waals surface area (Å²) < 4.78 is 11.8. The molecule has 4 aromatic carbocycles. The molecule has 3 aliphatic carbocycles. The number of anilines is 1. The topological polar surface area (TPSA) is 90.6 Å². The lowest BCUT2D eigenvalue weighted by molar-refractivity contribution is 0.0735. The zero-order valence-corrected chi connectivity index (χ0v) is 25.1. The molecule has 6 nitrogen and oxygen atoms in total. The summed E-state index contributed by atoms with van der Waals surface area (Å²) in [5.41, 5.74) is 13.6. The lowest BCUT2D eigenvalue weighted by atomic mass is 9.59. The summed E-state index contributed by atoms with van der Waals surface area (Å²) in [6.45, 7) is 2.53. The van der Waals surface area contributed by atoms with Crippen LogP contribution in [0.25, 0.3) is 11.1 Å². The number of nitrogens with one attached hydrogen (secondary N) is 1. The quantitative estimate of drug-likeness (QED) is 0.142. The minimum atomic E-state index is -0.479. The highest BCUT2D eigenvalue weighted by Gasteiger charge is 2.47. The molecule has 0 saturated heterocycles. The van der Waals surface area contributed by atoms with Gasteiger partial charge in [0, 0.05) is 23.1 Å². The lowest BCUT2D eigenvalue weighted by Crippen LogP contribution is -2.57. The van der Waals surface area contributed by atoms with Gasteiger partial charge in [0.15, 0.2) is 0 Å². The van der Waals surface area contributed by atoms with Crippen LogP contribution in [0.4, 0.5) is 10.5 Å². The number of rotatable bonds is 5. The first-order valence-electron chi connectivity index (χ1n) is 15.7. The fourth-order valence-corrected chi connectivity index (χ4v) is 7.94. The predicted molar refractivity (Wildman–Crippen MR) is 172 cm³/mol. The molecule has 6 heteroatoms. The number of amides is 1. The molecule has 4 aromatic rings.